The van der Waals surface area contributed by atoms with Gasteiger partial charge in [-0.15, -0.1) is 11.8 Å². The average Bonchev–Trinajstić information content (AvgIpc) is 2.10. The number of hydrogen-bond acceptors (Lipinski definition) is 4. The third kappa shape index (κ3) is 2.87. The lowest BCUT2D eigenvalue weighted by Crippen LogP contribution is -2.03. The summed E-state index contributed by atoms with van der Waals surface area (Å²) in [6, 6.07) is 0. The van der Waals surface area contributed by atoms with E-state index in [1.807, 2.05) is 0 Å². The standard InChI is InChI=1S/C10H17N3S/c1-4-5-8-9(11)12-6-13-10(8)14-7(2)3/h6-7H,4-5H2,1-3H3,(H2,11,12,13). The topological polar surface area (TPSA) is 51.8 Å². The number of hydrogen-bond donors (Lipinski definition) is 1. The highest BCUT2D eigenvalue weighted by Crippen LogP contribution is 2.27. The van der Waals surface area contributed by atoms with E-state index in [0.29, 0.717) is 11.1 Å². The van der Waals surface area contributed by atoms with Gasteiger partial charge in [0.15, 0.2) is 0 Å². The quantitative estimate of drug-likeness (QED) is 0.614. The monoisotopic (exact) mass is 211 g/mol. The summed E-state index contributed by atoms with van der Waals surface area (Å²) in [4.78, 5) is 8.29. The Morgan fingerprint density at radius 1 is 1.43 bits per heavy atom. The Morgan fingerprint density at radius 3 is 2.71 bits per heavy atom. The molecule has 0 aromatic carbocycles. The van der Waals surface area contributed by atoms with Crippen molar-refractivity contribution in [1.82, 2.24) is 9.97 Å². The summed E-state index contributed by atoms with van der Waals surface area (Å²) in [7, 11) is 0. The van der Waals surface area contributed by atoms with Crippen LogP contribution in [-0.2, 0) is 6.42 Å². The molecule has 1 heterocycles. The molecule has 1 aromatic rings. The van der Waals surface area contributed by atoms with E-state index in [0.717, 1.165) is 23.4 Å². The van der Waals surface area contributed by atoms with Crippen LogP contribution in [0.25, 0.3) is 0 Å². The first kappa shape index (κ1) is 11.3. The number of nitrogens with two attached hydrogens (primary N) is 1. The Hall–Kier alpha value is -0.770. The van der Waals surface area contributed by atoms with Crippen LogP contribution in [0.4, 0.5) is 5.82 Å². The summed E-state index contributed by atoms with van der Waals surface area (Å²) < 4.78 is 0. The maximum Gasteiger partial charge on any atom is 0.131 e. The van der Waals surface area contributed by atoms with Gasteiger partial charge in [-0.2, -0.15) is 0 Å². The molecule has 14 heavy (non-hydrogen) atoms. The zero-order valence-corrected chi connectivity index (χ0v) is 9.77. The molecule has 4 heteroatoms. The molecule has 0 saturated heterocycles. The summed E-state index contributed by atoms with van der Waals surface area (Å²) in [5.74, 6) is 0.630. The van der Waals surface area contributed by atoms with Crippen molar-refractivity contribution in [3.63, 3.8) is 0 Å². The molecule has 0 amide bonds. The molecule has 0 unspecified atom stereocenters. The summed E-state index contributed by atoms with van der Waals surface area (Å²) in [5.41, 5.74) is 6.92. The lowest BCUT2D eigenvalue weighted by molar-refractivity contribution is 0.859. The summed E-state index contributed by atoms with van der Waals surface area (Å²) in [5, 5.41) is 1.56. The van der Waals surface area contributed by atoms with Gasteiger partial charge in [-0.3, -0.25) is 0 Å². The van der Waals surface area contributed by atoms with Crippen LogP contribution in [0.3, 0.4) is 0 Å². The molecule has 3 nitrogen and oxygen atoms in total. The SMILES string of the molecule is CCCc1c(N)ncnc1SC(C)C. The van der Waals surface area contributed by atoms with Crippen LogP contribution in [0.1, 0.15) is 32.8 Å². The Labute approximate surface area is 89.5 Å². The zero-order valence-electron chi connectivity index (χ0n) is 8.95. The summed E-state index contributed by atoms with van der Waals surface area (Å²) in [6.45, 7) is 6.44. The van der Waals surface area contributed by atoms with Crippen molar-refractivity contribution in [2.75, 3.05) is 5.73 Å². The maximum atomic E-state index is 5.82. The molecule has 0 fully saturated rings. The normalized spacial score (nSPS) is 10.9. The molecule has 0 saturated carbocycles. The molecule has 0 aliphatic rings. The van der Waals surface area contributed by atoms with E-state index in [9.17, 15) is 0 Å². The molecule has 1 rings (SSSR count). The van der Waals surface area contributed by atoms with E-state index in [1.165, 1.54) is 0 Å². The fourth-order valence-electron chi connectivity index (χ4n) is 1.22. The van der Waals surface area contributed by atoms with Crippen LogP contribution in [0.15, 0.2) is 11.4 Å². The Bertz CT molecular complexity index is 299. The predicted molar refractivity (Wildman–Crippen MR) is 61.4 cm³/mol. The number of aromatic nitrogens is 2. The highest BCUT2D eigenvalue weighted by molar-refractivity contribution is 7.99. The first-order valence-corrected chi connectivity index (χ1v) is 5.79. The van der Waals surface area contributed by atoms with Gasteiger partial charge in [-0.05, 0) is 6.42 Å². The molecular weight excluding hydrogens is 194 g/mol. The van der Waals surface area contributed by atoms with Crippen LogP contribution in [-0.4, -0.2) is 15.2 Å². The van der Waals surface area contributed by atoms with Crippen molar-refractivity contribution in [3.8, 4) is 0 Å². The van der Waals surface area contributed by atoms with Gasteiger partial charge in [0.25, 0.3) is 0 Å². The first-order chi connectivity index (χ1) is 6.65. The van der Waals surface area contributed by atoms with Crippen molar-refractivity contribution in [1.29, 1.82) is 0 Å². The van der Waals surface area contributed by atoms with Crippen LogP contribution in [0.2, 0.25) is 0 Å². The molecule has 0 aliphatic carbocycles. The predicted octanol–water partition coefficient (Wildman–Crippen LogP) is 2.51. The van der Waals surface area contributed by atoms with Gasteiger partial charge < -0.3 is 5.73 Å². The molecule has 78 valence electrons. The fraction of sp³-hybridized carbons (Fsp3) is 0.600. The van der Waals surface area contributed by atoms with Gasteiger partial charge in [-0.25, -0.2) is 9.97 Å². The maximum absolute atomic E-state index is 5.82. The smallest absolute Gasteiger partial charge is 0.131 e. The van der Waals surface area contributed by atoms with Gasteiger partial charge in [-0.1, -0.05) is 27.2 Å². The lowest BCUT2D eigenvalue weighted by atomic mass is 10.2. The fourth-order valence-corrected chi connectivity index (χ4v) is 2.12. The highest BCUT2D eigenvalue weighted by atomic mass is 32.2. The molecule has 0 bridgehead atoms. The van der Waals surface area contributed by atoms with Gasteiger partial charge in [0.1, 0.15) is 17.2 Å². The minimum atomic E-state index is 0.528. The zero-order chi connectivity index (χ0) is 10.6. The average molecular weight is 211 g/mol. The molecule has 0 aliphatic heterocycles. The van der Waals surface area contributed by atoms with Crippen molar-refractivity contribution in [2.45, 2.75) is 43.9 Å². The van der Waals surface area contributed by atoms with E-state index in [1.54, 1.807) is 18.1 Å². The molecule has 0 radical (unpaired) electrons. The number of nitrogen functional groups attached to an aromatic ring is 1. The van der Waals surface area contributed by atoms with Gasteiger partial charge >= 0.3 is 0 Å². The number of anilines is 1. The van der Waals surface area contributed by atoms with Crippen LogP contribution >= 0.6 is 11.8 Å². The van der Waals surface area contributed by atoms with Crippen molar-refractivity contribution < 1.29 is 0 Å². The van der Waals surface area contributed by atoms with Gasteiger partial charge in [0.2, 0.25) is 0 Å². The largest absolute Gasteiger partial charge is 0.383 e. The van der Waals surface area contributed by atoms with E-state index >= 15 is 0 Å². The van der Waals surface area contributed by atoms with Crippen molar-refractivity contribution >= 4 is 17.6 Å². The van der Waals surface area contributed by atoms with E-state index in [-0.39, 0.29) is 0 Å². The van der Waals surface area contributed by atoms with Crippen LogP contribution in [0.5, 0.6) is 0 Å². The number of thioether (sulfide) groups is 1. The molecule has 0 spiro atoms. The summed E-state index contributed by atoms with van der Waals surface area (Å²) in [6.07, 6.45) is 3.57. The lowest BCUT2D eigenvalue weighted by Gasteiger charge is -2.10. The second kappa shape index (κ2) is 5.20. The van der Waals surface area contributed by atoms with Gasteiger partial charge in [0, 0.05) is 10.8 Å². The molecule has 2 N–H and O–H groups in total. The second-order valence-corrected chi connectivity index (χ2v) is 5.02. The number of rotatable bonds is 4. The Morgan fingerprint density at radius 2 is 2.14 bits per heavy atom. The first-order valence-electron chi connectivity index (χ1n) is 4.91. The molecule has 1 aromatic heterocycles. The second-order valence-electron chi connectivity index (χ2n) is 3.46. The van der Waals surface area contributed by atoms with Crippen molar-refractivity contribution in [2.24, 2.45) is 0 Å². The molecule has 0 atom stereocenters. The van der Waals surface area contributed by atoms with E-state index < -0.39 is 0 Å². The Balaban J connectivity index is 2.95. The minimum absolute atomic E-state index is 0.528. The van der Waals surface area contributed by atoms with Crippen LogP contribution < -0.4 is 5.73 Å². The van der Waals surface area contributed by atoms with E-state index in [4.69, 9.17) is 5.73 Å². The van der Waals surface area contributed by atoms with Crippen molar-refractivity contribution in [3.05, 3.63) is 11.9 Å². The van der Waals surface area contributed by atoms with E-state index in [2.05, 4.69) is 30.7 Å². The number of nitrogens with zero attached hydrogens (tertiary/aromatic N) is 2. The third-order valence-corrected chi connectivity index (χ3v) is 2.83. The van der Waals surface area contributed by atoms with Gasteiger partial charge in [0.05, 0.1) is 0 Å². The Kier molecular flexibility index (Phi) is 4.20. The minimum Gasteiger partial charge on any atom is -0.383 e. The third-order valence-electron chi connectivity index (χ3n) is 1.79. The highest BCUT2D eigenvalue weighted by Gasteiger charge is 2.09. The summed E-state index contributed by atoms with van der Waals surface area (Å²) >= 11 is 1.75. The van der Waals surface area contributed by atoms with Crippen LogP contribution in [0, 0.1) is 0 Å². The molecular formula is C10H17N3S.